The predicted molar refractivity (Wildman–Crippen MR) is 159 cm³/mol. The summed E-state index contributed by atoms with van der Waals surface area (Å²) in [4.78, 5) is 12.4. The average Bonchev–Trinajstić information content (AvgIpc) is 2.97. The Hall–Kier alpha value is -3.95. The van der Waals surface area contributed by atoms with Gasteiger partial charge in [-0.3, -0.25) is 4.79 Å². The van der Waals surface area contributed by atoms with Crippen molar-refractivity contribution in [2.45, 2.75) is 50.5 Å². The third kappa shape index (κ3) is 6.48. The van der Waals surface area contributed by atoms with Gasteiger partial charge >= 0.3 is 0 Å². The standard InChI is InChI=1S/C35H38N2O/c1-28(15-7-2-3-14-22-34(38)37-33-25-23-29(27-36)24-26-33)35(30-16-8-4-9-17-30,31-18-10-5-11-19-31)32-20-12-6-13-21-32/h4-6,8-13,16-21,23-26H,1-3,7,14-15,22,27,36H2,(H,37,38). The van der Waals surface area contributed by atoms with Crippen LogP contribution in [-0.4, -0.2) is 5.91 Å². The van der Waals surface area contributed by atoms with E-state index in [1.807, 2.05) is 24.3 Å². The lowest BCUT2D eigenvalue weighted by Crippen LogP contribution is -2.31. The van der Waals surface area contributed by atoms with Crippen molar-refractivity contribution in [2.24, 2.45) is 5.73 Å². The van der Waals surface area contributed by atoms with Gasteiger partial charge in [-0.1, -0.05) is 128 Å². The fourth-order valence-electron chi connectivity index (χ4n) is 5.29. The van der Waals surface area contributed by atoms with Crippen molar-refractivity contribution < 1.29 is 4.79 Å². The maximum Gasteiger partial charge on any atom is 0.224 e. The van der Waals surface area contributed by atoms with Gasteiger partial charge < -0.3 is 11.1 Å². The Morgan fingerprint density at radius 3 is 1.53 bits per heavy atom. The second-order valence-corrected chi connectivity index (χ2v) is 9.82. The molecule has 0 unspecified atom stereocenters. The van der Waals surface area contributed by atoms with E-state index in [1.54, 1.807) is 0 Å². The Morgan fingerprint density at radius 1 is 0.632 bits per heavy atom. The highest BCUT2D eigenvalue weighted by Gasteiger charge is 2.38. The summed E-state index contributed by atoms with van der Waals surface area (Å²) in [6.45, 7) is 5.19. The molecule has 0 bridgehead atoms. The van der Waals surface area contributed by atoms with Crippen molar-refractivity contribution in [3.8, 4) is 0 Å². The van der Waals surface area contributed by atoms with Crippen molar-refractivity contribution in [2.75, 3.05) is 5.32 Å². The van der Waals surface area contributed by atoms with E-state index in [4.69, 9.17) is 5.73 Å². The zero-order valence-corrected chi connectivity index (χ0v) is 22.1. The van der Waals surface area contributed by atoms with Gasteiger partial charge in [0.25, 0.3) is 0 Å². The second kappa shape index (κ2) is 13.6. The first kappa shape index (κ1) is 27.1. The fourth-order valence-corrected chi connectivity index (χ4v) is 5.29. The maximum absolute atomic E-state index is 12.4. The van der Waals surface area contributed by atoms with Gasteiger partial charge in [-0.05, 0) is 53.6 Å². The fraction of sp³-hybridized carbons (Fsp3) is 0.229. The first-order valence-electron chi connectivity index (χ1n) is 13.6. The smallest absolute Gasteiger partial charge is 0.224 e. The van der Waals surface area contributed by atoms with Gasteiger partial charge in [0, 0.05) is 18.7 Å². The molecule has 0 spiro atoms. The summed E-state index contributed by atoms with van der Waals surface area (Å²) in [5, 5.41) is 2.98. The Morgan fingerprint density at radius 2 is 1.08 bits per heavy atom. The van der Waals surface area contributed by atoms with Crippen LogP contribution < -0.4 is 11.1 Å². The molecule has 1 amide bonds. The molecule has 0 fully saturated rings. The van der Waals surface area contributed by atoms with Crippen molar-refractivity contribution >= 4 is 11.6 Å². The van der Waals surface area contributed by atoms with Crippen molar-refractivity contribution in [3.05, 3.63) is 150 Å². The number of hydrogen-bond acceptors (Lipinski definition) is 2. The highest BCUT2D eigenvalue weighted by molar-refractivity contribution is 5.90. The van der Waals surface area contributed by atoms with Crippen molar-refractivity contribution in [1.82, 2.24) is 0 Å². The number of rotatable bonds is 13. The Bertz CT molecular complexity index is 1190. The molecule has 0 saturated heterocycles. The van der Waals surface area contributed by atoms with Gasteiger partial charge in [0.1, 0.15) is 0 Å². The molecule has 4 aromatic carbocycles. The SMILES string of the molecule is C=C(CCCCCCC(=O)Nc1ccc(CN)cc1)C(c1ccccc1)(c1ccccc1)c1ccccc1. The van der Waals surface area contributed by atoms with E-state index in [9.17, 15) is 4.79 Å². The van der Waals surface area contributed by atoms with Gasteiger partial charge in [0.15, 0.2) is 0 Å². The van der Waals surface area contributed by atoms with Crippen LogP contribution in [-0.2, 0) is 16.8 Å². The average molecular weight is 503 g/mol. The zero-order valence-electron chi connectivity index (χ0n) is 22.1. The molecule has 0 aliphatic carbocycles. The first-order chi connectivity index (χ1) is 18.6. The van der Waals surface area contributed by atoms with Crippen LogP contribution in [0, 0.1) is 0 Å². The molecule has 4 aromatic rings. The van der Waals surface area contributed by atoms with Gasteiger partial charge in [0.2, 0.25) is 5.91 Å². The molecule has 38 heavy (non-hydrogen) atoms. The third-order valence-corrected chi connectivity index (χ3v) is 7.26. The Balaban J connectivity index is 1.39. The Kier molecular flexibility index (Phi) is 9.66. The molecule has 3 heteroatoms. The molecule has 0 radical (unpaired) electrons. The summed E-state index contributed by atoms with van der Waals surface area (Å²) in [5.74, 6) is 0.0613. The van der Waals surface area contributed by atoms with Crippen LogP contribution in [0.25, 0.3) is 0 Å². The van der Waals surface area contributed by atoms with Crippen LogP contribution in [0.5, 0.6) is 0 Å². The summed E-state index contributed by atoms with van der Waals surface area (Å²) < 4.78 is 0. The monoisotopic (exact) mass is 502 g/mol. The van der Waals surface area contributed by atoms with Crippen LogP contribution >= 0.6 is 0 Å². The normalized spacial score (nSPS) is 11.2. The molecule has 4 rings (SSSR count). The summed E-state index contributed by atoms with van der Waals surface area (Å²) in [6, 6.07) is 39.9. The molecule has 0 heterocycles. The minimum atomic E-state index is -0.414. The van der Waals surface area contributed by atoms with Crippen molar-refractivity contribution in [3.63, 3.8) is 0 Å². The highest BCUT2D eigenvalue weighted by Crippen LogP contribution is 2.46. The largest absolute Gasteiger partial charge is 0.326 e. The molecule has 0 aliphatic heterocycles. The maximum atomic E-state index is 12.4. The number of hydrogen-bond donors (Lipinski definition) is 2. The summed E-state index contributed by atoms with van der Waals surface area (Å²) in [6.07, 6.45) is 5.43. The molecule has 0 aromatic heterocycles. The quantitative estimate of drug-likeness (QED) is 0.110. The van der Waals surface area contributed by atoms with E-state index in [1.165, 1.54) is 22.3 Å². The van der Waals surface area contributed by atoms with Crippen LogP contribution in [0.1, 0.15) is 60.8 Å². The van der Waals surface area contributed by atoms with E-state index < -0.39 is 5.41 Å². The summed E-state index contributed by atoms with van der Waals surface area (Å²) in [5.41, 5.74) is 12.0. The van der Waals surface area contributed by atoms with E-state index in [0.717, 1.165) is 43.4 Å². The lowest BCUT2D eigenvalue weighted by atomic mass is 9.64. The van der Waals surface area contributed by atoms with Crippen molar-refractivity contribution in [1.29, 1.82) is 0 Å². The van der Waals surface area contributed by atoms with Gasteiger partial charge in [-0.25, -0.2) is 0 Å². The lowest BCUT2D eigenvalue weighted by Gasteiger charge is -2.38. The zero-order chi connectivity index (χ0) is 26.6. The van der Waals surface area contributed by atoms with Crippen LogP contribution in [0.2, 0.25) is 0 Å². The second-order valence-electron chi connectivity index (χ2n) is 9.82. The van der Waals surface area contributed by atoms with Gasteiger partial charge in [-0.15, -0.1) is 0 Å². The number of carbonyl (C=O) groups excluding carboxylic acids is 1. The third-order valence-electron chi connectivity index (χ3n) is 7.26. The van der Waals surface area contributed by atoms with E-state index >= 15 is 0 Å². The number of anilines is 1. The number of allylic oxidation sites excluding steroid dienone is 1. The number of benzene rings is 4. The van der Waals surface area contributed by atoms with E-state index in [-0.39, 0.29) is 5.91 Å². The van der Waals surface area contributed by atoms with Crippen LogP contribution in [0.3, 0.4) is 0 Å². The molecule has 0 aliphatic rings. The van der Waals surface area contributed by atoms with E-state index in [0.29, 0.717) is 13.0 Å². The molecular formula is C35H38N2O. The molecule has 3 N–H and O–H groups in total. The summed E-state index contributed by atoms with van der Waals surface area (Å²) >= 11 is 0. The topological polar surface area (TPSA) is 55.1 Å². The molecule has 0 saturated carbocycles. The van der Waals surface area contributed by atoms with Crippen LogP contribution in [0.15, 0.2) is 127 Å². The van der Waals surface area contributed by atoms with E-state index in [2.05, 4.69) is 103 Å². The molecule has 3 nitrogen and oxygen atoms in total. The Labute approximate surface area is 227 Å². The number of unbranched alkanes of at least 4 members (excludes halogenated alkanes) is 3. The minimum Gasteiger partial charge on any atom is -0.326 e. The van der Waals surface area contributed by atoms with Gasteiger partial charge in [0.05, 0.1) is 5.41 Å². The lowest BCUT2D eigenvalue weighted by molar-refractivity contribution is -0.116. The van der Waals surface area contributed by atoms with Gasteiger partial charge in [-0.2, -0.15) is 0 Å². The predicted octanol–water partition coefficient (Wildman–Crippen LogP) is 8.02. The number of amides is 1. The highest BCUT2D eigenvalue weighted by atomic mass is 16.1. The number of nitrogens with one attached hydrogen (secondary N) is 1. The molecular weight excluding hydrogens is 464 g/mol. The number of nitrogens with two attached hydrogens (primary N) is 1. The number of carbonyl (C=O) groups is 1. The minimum absolute atomic E-state index is 0.0613. The molecule has 0 atom stereocenters. The first-order valence-corrected chi connectivity index (χ1v) is 13.6. The van der Waals surface area contributed by atoms with Crippen LogP contribution in [0.4, 0.5) is 5.69 Å². The molecule has 194 valence electrons. The summed E-state index contributed by atoms with van der Waals surface area (Å²) in [7, 11) is 0.